The summed E-state index contributed by atoms with van der Waals surface area (Å²) in [5.74, 6) is -0.825. The van der Waals surface area contributed by atoms with E-state index in [-0.39, 0.29) is 11.3 Å². The van der Waals surface area contributed by atoms with Gasteiger partial charge in [0.15, 0.2) is 5.76 Å². The fourth-order valence-corrected chi connectivity index (χ4v) is 1.80. The molecule has 1 heterocycles. The van der Waals surface area contributed by atoms with Crippen molar-refractivity contribution >= 4 is 11.9 Å². The zero-order chi connectivity index (χ0) is 15.2. The Morgan fingerprint density at radius 1 is 1.33 bits per heavy atom. The van der Waals surface area contributed by atoms with Crippen LogP contribution in [0.3, 0.4) is 0 Å². The number of methoxy groups -OCH3 is 1. The summed E-state index contributed by atoms with van der Waals surface area (Å²) in [6, 6.07) is 8.74. The number of ether oxygens (including phenoxy) is 1. The number of hydrogen-bond donors (Lipinski definition) is 2. The quantitative estimate of drug-likeness (QED) is 0.848. The second-order valence-corrected chi connectivity index (χ2v) is 4.36. The first-order valence-electron chi connectivity index (χ1n) is 6.33. The highest BCUT2D eigenvalue weighted by Crippen LogP contribution is 2.12. The number of carbonyl (C=O) groups is 2. The first-order chi connectivity index (χ1) is 10.1. The van der Waals surface area contributed by atoms with Crippen LogP contribution in [0.2, 0.25) is 0 Å². The van der Waals surface area contributed by atoms with E-state index < -0.39 is 11.9 Å². The number of hydrogen-bond acceptors (Lipinski definition) is 4. The summed E-state index contributed by atoms with van der Waals surface area (Å²) in [6.45, 7) is 0.412. The summed E-state index contributed by atoms with van der Waals surface area (Å²) < 4.78 is 10.0. The monoisotopic (exact) mass is 289 g/mol. The lowest BCUT2D eigenvalue weighted by Crippen LogP contribution is -2.25. The van der Waals surface area contributed by atoms with Crippen molar-refractivity contribution in [3.63, 3.8) is 0 Å². The summed E-state index contributed by atoms with van der Waals surface area (Å²) in [6.07, 6.45) is 1.68. The molecule has 2 aromatic rings. The van der Waals surface area contributed by atoms with Crippen LogP contribution in [0.1, 0.15) is 26.5 Å². The molecule has 0 aliphatic rings. The van der Waals surface area contributed by atoms with Crippen LogP contribution in [0, 0.1) is 0 Å². The Kier molecular flexibility index (Phi) is 4.61. The van der Waals surface area contributed by atoms with Gasteiger partial charge in [-0.1, -0.05) is 12.1 Å². The van der Waals surface area contributed by atoms with Gasteiger partial charge >= 0.3 is 5.97 Å². The van der Waals surface area contributed by atoms with Gasteiger partial charge in [0, 0.05) is 12.6 Å². The Morgan fingerprint density at radius 2 is 2.14 bits per heavy atom. The van der Waals surface area contributed by atoms with Gasteiger partial charge in [-0.2, -0.15) is 0 Å². The van der Waals surface area contributed by atoms with E-state index in [0.717, 1.165) is 17.6 Å². The highest BCUT2D eigenvalue weighted by Gasteiger charge is 2.14. The molecule has 0 bridgehead atoms. The summed E-state index contributed by atoms with van der Waals surface area (Å²) in [5.41, 5.74) is 0.980. The fourth-order valence-electron chi connectivity index (χ4n) is 1.80. The first-order valence-corrected chi connectivity index (χ1v) is 6.33. The van der Waals surface area contributed by atoms with Crippen molar-refractivity contribution in [2.75, 3.05) is 13.7 Å². The maximum Gasteiger partial charge on any atom is 0.338 e. The highest BCUT2D eigenvalue weighted by molar-refractivity contribution is 5.95. The second-order valence-electron chi connectivity index (χ2n) is 4.36. The molecule has 0 atom stereocenters. The largest absolute Gasteiger partial charge is 0.497 e. The molecule has 6 nitrogen and oxygen atoms in total. The van der Waals surface area contributed by atoms with E-state index in [2.05, 4.69) is 5.32 Å². The number of carbonyl (C=O) groups excluding carboxylic acids is 1. The lowest BCUT2D eigenvalue weighted by atomic mass is 10.1. The number of nitrogens with one attached hydrogen (secondary N) is 1. The van der Waals surface area contributed by atoms with E-state index in [1.54, 1.807) is 7.11 Å². The lowest BCUT2D eigenvalue weighted by Gasteiger charge is -2.05. The van der Waals surface area contributed by atoms with Crippen LogP contribution >= 0.6 is 0 Å². The van der Waals surface area contributed by atoms with Gasteiger partial charge in [0.25, 0.3) is 5.91 Å². The second kappa shape index (κ2) is 6.60. The molecule has 0 fully saturated rings. The topological polar surface area (TPSA) is 88.8 Å². The number of amides is 1. The van der Waals surface area contributed by atoms with Gasteiger partial charge in [0.2, 0.25) is 0 Å². The van der Waals surface area contributed by atoms with Crippen LogP contribution in [0.4, 0.5) is 0 Å². The Morgan fingerprint density at radius 3 is 2.81 bits per heavy atom. The average Bonchev–Trinajstić information content (AvgIpc) is 2.97. The number of aromatic carboxylic acids is 1. The molecule has 1 amide bonds. The Hall–Kier alpha value is -2.76. The van der Waals surface area contributed by atoms with E-state index in [9.17, 15) is 9.59 Å². The van der Waals surface area contributed by atoms with E-state index in [1.165, 1.54) is 6.07 Å². The van der Waals surface area contributed by atoms with Crippen molar-refractivity contribution in [2.45, 2.75) is 6.42 Å². The summed E-state index contributed by atoms with van der Waals surface area (Å²) >= 11 is 0. The molecule has 0 spiro atoms. The third-order valence-corrected chi connectivity index (χ3v) is 2.90. The van der Waals surface area contributed by atoms with Gasteiger partial charge < -0.3 is 19.6 Å². The minimum absolute atomic E-state index is 0.0157. The van der Waals surface area contributed by atoms with Crippen molar-refractivity contribution in [3.8, 4) is 5.75 Å². The predicted molar refractivity (Wildman–Crippen MR) is 74.7 cm³/mol. The number of benzene rings is 1. The van der Waals surface area contributed by atoms with Gasteiger partial charge in [-0.05, 0) is 24.1 Å². The molecule has 0 aliphatic carbocycles. The van der Waals surface area contributed by atoms with Crippen molar-refractivity contribution in [1.82, 2.24) is 5.32 Å². The standard InChI is InChI=1S/C15H15NO5/c1-20-12-4-2-3-10(7-12)5-6-16-14(17)13-8-11(9-21-13)15(18)19/h2-4,7-9H,5-6H2,1H3,(H,16,17)(H,18,19). The van der Waals surface area contributed by atoms with Crippen LogP contribution in [0.15, 0.2) is 41.0 Å². The predicted octanol–water partition coefficient (Wildman–Crippen LogP) is 1.96. The summed E-state index contributed by atoms with van der Waals surface area (Å²) in [5, 5.41) is 11.4. The van der Waals surface area contributed by atoms with Crippen LogP contribution in [-0.2, 0) is 6.42 Å². The lowest BCUT2D eigenvalue weighted by molar-refractivity contribution is 0.0696. The zero-order valence-corrected chi connectivity index (χ0v) is 11.5. The SMILES string of the molecule is COc1cccc(CCNC(=O)c2cc(C(=O)O)co2)c1. The van der Waals surface area contributed by atoms with Gasteiger partial charge in [-0.15, -0.1) is 0 Å². The normalized spacial score (nSPS) is 10.1. The molecule has 110 valence electrons. The van der Waals surface area contributed by atoms with E-state index >= 15 is 0 Å². The van der Waals surface area contributed by atoms with Crippen molar-refractivity contribution in [2.24, 2.45) is 0 Å². The Labute approximate surface area is 121 Å². The van der Waals surface area contributed by atoms with Crippen molar-refractivity contribution < 1.29 is 23.8 Å². The average molecular weight is 289 g/mol. The Bertz CT molecular complexity index is 647. The maximum absolute atomic E-state index is 11.8. The van der Waals surface area contributed by atoms with Crippen LogP contribution in [-0.4, -0.2) is 30.6 Å². The molecule has 21 heavy (non-hydrogen) atoms. The highest BCUT2D eigenvalue weighted by atomic mass is 16.5. The molecule has 0 unspecified atom stereocenters. The smallest absolute Gasteiger partial charge is 0.338 e. The van der Waals surface area contributed by atoms with Gasteiger partial charge in [-0.3, -0.25) is 4.79 Å². The number of carboxylic acids is 1. The molecule has 2 N–H and O–H groups in total. The minimum Gasteiger partial charge on any atom is -0.497 e. The third kappa shape index (κ3) is 3.85. The van der Waals surface area contributed by atoms with Gasteiger partial charge in [0.05, 0.1) is 12.7 Å². The minimum atomic E-state index is -1.13. The Balaban J connectivity index is 1.87. The molecule has 0 saturated heterocycles. The molecular formula is C15H15NO5. The van der Waals surface area contributed by atoms with Crippen LogP contribution < -0.4 is 10.1 Å². The molecule has 6 heteroatoms. The van der Waals surface area contributed by atoms with Gasteiger partial charge in [-0.25, -0.2) is 4.79 Å². The van der Waals surface area contributed by atoms with Crippen molar-refractivity contribution in [3.05, 3.63) is 53.5 Å². The molecule has 0 aliphatic heterocycles. The van der Waals surface area contributed by atoms with Gasteiger partial charge in [0.1, 0.15) is 12.0 Å². The van der Waals surface area contributed by atoms with E-state index in [0.29, 0.717) is 13.0 Å². The molecule has 0 saturated carbocycles. The molecule has 0 radical (unpaired) electrons. The molecule has 1 aromatic heterocycles. The van der Waals surface area contributed by atoms with Crippen LogP contribution in [0.5, 0.6) is 5.75 Å². The summed E-state index contributed by atoms with van der Waals surface area (Å²) in [7, 11) is 1.60. The van der Waals surface area contributed by atoms with Crippen molar-refractivity contribution in [1.29, 1.82) is 0 Å². The molecule has 2 rings (SSSR count). The van der Waals surface area contributed by atoms with Crippen LogP contribution in [0.25, 0.3) is 0 Å². The fraction of sp³-hybridized carbons (Fsp3) is 0.200. The zero-order valence-electron chi connectivity index (χ0n) is 11.5. The number of carboxylic acid groups (broad SMARTS) is 1. The molecular weight excluding hydrogens is 274 g/mol. The summed E-state index contributed by atoms with van der Waals surface area (Å²) in [4.78, 5) is 22.5. The number of furan rings is 1. The van der Waals surface area contributed by atoms with E-state index in [1.807, 2.05) is 24.3 Å². The van der Waals surface area contributed by atoms with E-state index in [4.69, 9.17) is 14.3 Å². The molecule has 1 aromatic carbocycles. The number of rotatable bonds is 6. The third-order valence-electron chi connectivity index (χ3n) is 2.90. The maximum atomic E-state index is 11.8. The first kappa shape index (κ1) is 14.6.